The highest BCUT2D eigenvalue weighted by molar-refractivity contribution is 9.10. The molecule has 0 aromatic heterocycles. The van der Waals surface area contributed by atoms with E-state index in [2.05, 4.69) is 27.3 Å². The van der Waals surface area contributed by atoms with Gasteiger partial charge in [0.25, 0.3) is 5.91 Å². The maximum atomic E-state index is 12.8. The summed E-state index contributed by atoms with van der Waals surface area (Å²) in [5, 5.41) is 11.9. The average molecular weight is 502 g/mol. The van der Waals surface area contributed by atoms with E-state index in [0.29, 0.717) is 15.8 Å². The first-order chi connectivity index (χ1) is 15.9. The van der Waals surface area contributed by atoms with E-state index in [1.165, 1.54) is 4.90 Å². The molecule has 0 aliphatic carbocycles. The third kappa shape index (κ3) is 5.13. The molecule has 0 spiro atoms. The summed E-state index contributed by atoms with van der Waals surface area (Å²) in [6.07, 6.45) is 1.63. The number of urea groups is 1. The summed E-state index contributed by atoms with van der Waals surface area (Å²) < 4.78 is 6.55. The second kappa shape index (κ2) is 9.72. The monoisotopic (exact) mass is 501 g/mol. The van der Waals surface area contributed by atoms with Crippen LogP contribution in [0.4, 0.5) is 4.79 Å². The van der Waals surface area contributed by atoms with Crippen LogP contribution in [0.3, 0.4) is 0 Å². The minimum Gasteiger partial charge on any atom is -0.488 e. The maximum absolute atomic E-state index is 12.8. The molecule has 7 heteroatoms. The summed E-state index contributed by atoms with van der Waals surface area (Å²) >= 11 is 3.49. The highest BCUT2D eigenvalue weighted by Gasteiger charge is 2.33. The minimum atomic E-state index is -0.443. The first kappa shape index (κ1) is 22.3. The summed E-state index contributed by atoms with van der Waals surface area (Å²) in [5.74, 6) is 0.234. The van der Waals surface area contributed by atoms with Gasteiger partial charge in [0.15, 0.2) is 0 Å². The molecule has 0 radical (unpaired) electrons. The largest absolute Gasteiger partial charge is 0.488 e. The van der Waals surface area contributed by atoms with Crippen molar-refractivity contribution in [2.24, 2.45) is 0 Å². The molecule has 0 unspecified atom stereocenters. The number of nitrogens with one attached hydrogen (secondary N) is 1. The third-order valence-electron chi connectivity index (χ3n) is 5.21. The normalized spacial score (nSPS) is 14.3. The summed E-state index contributed by atoms with van der Waals surface area (Å²) in [6.45, 7) is 2.45. The molecule has 1 saturated heterocycles. The zero-order valence-corrected chi connectivity index (χ0v) is 19.4. The Morgan fingerprint density at radius 3 is 2.58 bits per heavy atom. The van der Waals surface area contributed by atoms with Gasteiger partial charge in [-0.3, -0.25) is 9.69 Å². The van der Waals surface area contributed by atoms with Crippen molar-refractivity contribution in [1.29, 1.82) is 5.26 Å². The van der Waals surface area contributed by atoms with E-state index in [1.807, 2.05) is 49.4 Å². The molecule has 0 bridgehead atoms. The Balaban J connectivity index is 1.46. The average Bonchev–Trinajstić information content (AvgIpc) is 3.07. The van der Waals surface area contributed by atoms with E-state index in [0.717, 1.165) is 22.3 Å². The summed E-state index contributed by atoms with van der Waals surface area (Å²) in [4.78, 5) is 26.3. The molecule has 164 valence electrons. The van der Waals surface area contributed by atoms with Gasteiger partial charge in [-0.15, -0.1) is 0 Å². The number of benzene rings is 3. The number of rotatable bonds is 6. The molecular formula is C26H20BrN3O3. The van der Waals surface area contributed by atoms with Crippen LogP contribution in [-0.4, -0.2) is 16.8 Å². The van der Waals surface area contributed by atoms with Crippen molar-refractivity contribution in [2.75, 3.05) is 0 Å². The number of nitriles is 1. The van der Waals surface area contributed by atoms with Crippen LogP contribution < -0.4 is 10.1 Å². The van der Waals surface area contributed by atoms with Crippen LogP contribution in [-0.2, 0) is 17.9 Å². The number of halogens is 1. The van der Waals surface area contributed by atoms with Crippen LogP contribution in [0.1, 0.15) is 27.8 Å². The molecule has 33 heavy (non-hydrogen) atoms. The number of hydrogen-bond acceptors (Lipinski definition) is 4. The van der Waals surface area contributed by atoms with E-state index in [1.54, 1.807) is 30.3 Å². The molecule has 0 atom stereocenters. The van der Waals surface area contributed by atoms with Crippen LogP contribution in [0.15, 0.2) is 76.9 Å². The SMILES string of the molecule is Cc1ccc(CN2C(=O)N/C(=C/c3ccc(OCc4ccccc4C#N)c(Br)c3)C2=O)cc1. The van der Waals surface area contributed by atoms with Crippen molar-refractivity contribution < 1.29 is 14.3 Å². The molecule has 3 amide bonds. The topological polar surface area (TPSA) is 82.4 Å². The van der Waals surface area contributed by atoms with Gasteiger partial charge in [0.2, 0.25) is 0 Å². The molecule has 1 aliphatic heterocycles. The molecule has 0 saturated carbocycles. The fourth-order valence-corrected chi connectivity index (χ4v) is 3.90. The van der Waals surface area contributed by atoms with E-state index in [9.17, 15) is 14.9 Å². The van der Waals surface area contributed by atoms with Crippen molar-refractivity contribution in [1.82, 2.24) is 10.2 Å². The van der Waals surface area contributed by atoms with Gasteiger partial charge in [0.05, 0.1) is 22.7 Å². The van der Waals surface area contributed by atoms with E-state index >= 15 is 0 Å². The molecule has 1 fully saturated rings. The molecule has 3 aromatic rings. The van der Waals surface area contributed by atoms with Gasteiger partial charge in [-0.05, 0) is 58.3 Å². The molecule has 1 N–H and O–H groups in total. The first-order valence-corrected chi connectivity index (χ1v) is 11.0. The molecule has 4 rings (SSSR count). The Kier molecular flexibility index (Phi) is 6.57. The Hall–Kier alpha value is -3.89. The van der Waals surface area contributed by atoms with Crippen molar-refractivity contribution in [3.63, 3.8) is 0 Å². The Morgan fingerprint density at radius 2 is 1.85 bits per heavy atom. The van der Waals surface area contributed by atoms with E-state index < -0.39 is 6.03 Å². The Morgan fingerprint density at radius 1 is 1.09 bits per heavy atom. The highest BCUT2D eigenvalue weighted by atomic mass is 79.9. The standard InChI is InChI=1S/C26H20BrN3O3/c1-17-6-8-18(9-7-17)15-30-25(31)23(29-26(30)32)13-19-10-11-24(22(27)12-19)33-16-21-5-3-2-4-20(21)14-28/h2-13H,15-16H2,1H3,(H,29,32)/b23-13+. The van der Waals surface area contributed by atoms with Gasteiger partial charge >= 0.3 is 6.03 Å². The number of amides is 3. The fourth-order valence-electron chi connectivity index (χ4n) is 3.39. The number of hydrogen-bond donors (Lipinski definition) is 1. The van der Waals surface area contributed by atoms with E-state index in [4.69, 9.17) is 4.74 Å². The number of carbonyl (C=O) groups excluding carboxylic acids is 2. The number of nitrogens with zero attached hydrogens (tertiary/aromatic N) is 2. The van der Waals surface area contributed by atoms with Crippen LogP contribution in [0.2, 0.25) is 0 Å². The van der Waals surface area contributed by atoms with Gasteiger partial charge in [-0.2, -0.15) is 5.26 Å². The van der Waals surface area contributed by atoms with Crippen LogP contribution in [0.5, 0.6) is 5.75 Å². The lowest BCUT2D eigenvalue weighted by Crippen LogP contribution is -2.30. The molecule has 1 aliphatic rings. The fraction of sp³-hybridized carbons (Fsp3) is 0.115. The summed E-state index contributed by atoms with van der Waals surface area (Å²) in [7, 11) is 0. The van der Waals surface area contributed by atoms with Crippen LogP contribution in [0, 0.1) is 18.3 Å². The number of carbonyl (C=O) groups is 2. The minimum absolute atomic E-state index is 0.211. The molecule has 6 nitrogen and oxygen atoms in total. The molecular weight excluding hydrogens is 482 g/mol. The van der Waals surface area contributed by atoms with Crippen LogP contribution >= 0.6 is 15.9 Å². The second-order valence-corrected chi connectivity index (χ2v) is 8.47. The quantitative estimate of drug-likeness (QED) is 0.366. The smallest absolute Gasteiger partial charge is 0.329 e. The number of imide groups is 1. The Labute approximate surface area is 200 Å². The zero-order valence-electron chi connectivity index (χ0n) is 17.8. The van der Waals surface area contributed by atoms with Gasteiger partial charge in [0, 0.05) is 5.56 Å². The Bertz CT molecular complexity index is 1290. The number of aryl methyl sites for hydroxylation is 1. The lowest BCUT2D eigenvalue weighted by Gasteiger charge is -2.12. The molecule has 3 aromatic carbocycles. The van der Waals surface area contributed by atoms with Crippen LogP contribution in [0.25, 0.3) is 6.08 Å². The van der Waals surface area contributed by atoms with Gasteiger partial charge in [0.1, 0.15) is 18.1 Å². The first-order valence-electron chi connectivity index (χ1n) is 10.2. The van der Waals surface area contributed by atoms with Gasteiger partial charge < -0.3 is 10.1 Å². The third-order valence-corrected chi connectivity index (χ3v) is 5.83. The van der Waals surface area contributed by atoms with Crippen molar-refractivity contribution in [3.05, 3.63) is 105 Å². The predicted octanol–water partition coefficient (Wildman–Crippen LogP) is 5.30. The van der Waals surface area contributed by atoms with E-state index in [-0.39, 0.29) is 24.8 Å². The lowest BCUT2D eigenvalue weighted by atomic mass is 10.1. The van der Waals surface area contributed by atoms with Gasteiger partial charge in [-0.1, -0.05) is 54.1 Å². The van der Waals surface area contributed by atoms with Crippen molar-refractivity contribution >= 4 is 33.9 Å². The second-order valence-electron chi connectivity index (χ2n) is 7.61. The highest BCUT2D eigenvalue weighted by Crippen LogP contribution is 2.28. The van der Waals surface area contributed by atoms with Crippen molar-refractivity contribution in [3.8, 4) is 11.8 Å². The molecule has 1 heterocycles. The lowest BCUT2D eigenvalue weighted by molar-refractivity contribution is -0.123. The van der Waals surface area contributed by atoms with Gasteiger partial charge in [-0.25, -0.2) is 4.79 Å². The predicted molar refractivity (Wildman–Crippen MR) is 128 cm³/mol. The van der Waals surface area contributed by atoms with Crippen molar-refractivity contribution in [2.45, 2.75) is 20.1 Å². The zero-order chi connectivity index (χ0) is 23.4. The summed E-state index contributed by atoms with van der Waals surface area (Å²) in [6, 6.07) is 22.1. The maximum Gasteiger partial charge on any atom is 0.329 e. The number of ether oxygens (including phenoxy) is 1. The summed E-state index contributed by atoms with van der Waals surface area (Å²) in [5.41, 5.74) is 4.31.